The molecule has 0 nitrogen and oxygen atoms in total. The first-order chi connectivity index (χ1) is 11.9. The maximum atomic E-state index is 2.49. The summed E-state index contributed by atoms with van der Waals surface area (Å²) >= 11 is 0. The van der Waals surface area contributed by atoms with Crippen molar-refractivity contribution in [3.8, 4) is 0 Å². The molecule has 0 aromatic heterocycles. The zero-order chi connectivity index (χ0) is 15.7. The summed E-state index contributed by atoms with van der Waals surface area (Å²) in [4.78, 5) is 0. The minimum atomic E-state index is 1.24. The van der Waals surface area contributed by atoms with E-state index in [0.29, 0.717) is 0 Å². The minimum absolute atomic E-state index is 1.24. The van der Waals surface area contributed by atoms with Gasteiger partial charge in [0.2, 0.25) is 0 Å². The predicted molar refractivity (Wildman–Crippen MR) is 104 cm³/mol. The van der Waals surface area contributed by atoms with E-state index in [1.807, 2.05) is 0 Å². The molecule has 0 fully saturated rings. The van der Waals surface area contributed by atoms with Crippen LogP contribution in [0.15, 0.2) is 60.7 Å². The third-order valence-electron chi connectivity index (χ3n) is 5.95. The van der Waals surface area contributed by atoms with Crippen molar-refractivity contribution < 1.29 is 0 Å². The van der Waals surface area contributed by atoms with Crippen molar-refractivity contribution >= 4 is 43.1 Å². The van der Waals surface area contributed by atoms with E-state index >= 15 is 0 Å². The Morgan fingerprint density at radius 1 is 0.500 bits per heavy atom. The number of fused-ring (bicyclic) bond motifs is 4. The van der Waals surface area contributed by atoms with Gasteiger partial charge in [0, 0.05) is 0 Å². The highest BCUT2D eigenvalue weighted by molar-refractivity contribution is 6.33. The monoisotopic (exact) mass is 306 g/mol. The maximum absolute atomic E-state index is 2.49. The topological polar surface area (TPSA) is 0 Å². The number of benzene rings is 5. The van der Waals surface area contributed by atoms with Crippen molar-refractivity contribution in [1.29, 1.82) is 0 Å². The molecular weight excluding hydrogens is 288 g/mol. The van der Waals surface area contributed by atoms with Crippen LogP contribution in [0.4, 0.5) is 0 Å². The van der Waals surface area contributed by atoms with Gasteiger partial charge in [0.15, 0.2) is 0 Å². The second-order valence-corrected chi connectivity index (χ2v) is 7.25. The molecule has 0 atom stereocenters. The van der Waals surface area contributed by atoms with Crippen LogP contribution in [0.5, 0.6) is 0 Å². The molecule has 0 saturated carbocycles. The van der Waals surface area contributed by atoms with Gasteiger partial charge >= 0.3 is 0 Å². The molecule has 0 N–H and O–H groups in total. The van der Waals surface area contributed by atoms with Crippen molar-refractivity contribution in [1.82, 2.24) is 0 Å². The van der Waals surface area contributed by atoms with Crippen LogP contribution >= 0.6 is 0 Å². The lowest BCUT2D eigenvalue weighted by Crippen LogP contribution is -2.02. The van der Waals surface area contributed by atoms with Crippen molar-refractivity contribution in [3.05, 3.63) is 71.8 Å². The summed E-state index contributed by atoms with van der Waals surface area (Å²) in [6, 6.07) is 23.1. The summed E-state index contributed by atoms with van der Waals surface area (Å²) in [5.74, 6) is 0. The molecule has 0 amide bonds. The van der Waals surface area contributed by atoms with Gasteiger partial charge in [-0.15, -0.1) is 0 Å². The van der Waals surface area contributed by atoms with Gasteiger partial charge in [-0.1, -0.05) is 60.7 Å². The summed E-state index contributed by atoms with van der Waals surface area (Å²) < 4.78 is 0. The lowest BCUT2D eigenvalue weighted by molar-refractivity contribution is 0.687. The van der Waals surface area contributed by atoms with E-state index in [0.717, 1.165) is 0 Å². The largest absolute Gasteiger partial charge is 0.0610 e. The quantitative estimate of drug-likeness (QED) is 0.223. The molecule has 0 radical (unpaired) electrons. The minimum Gasteiger partial charge on any atom is -0.0610 e. The Morgan fingerprint density at radius 2 is 1.00 bits per heavy atom. The molecule has 0 bridgehead atoms. The second-order valence-electron chi connectivity index (χ2n) is 7.25. The van der Waals surface area contributed by atoms with Crippen LogP contribution in [-0.4, -0.2) is 0 Å². The van der Waals surface area contributed by atoms with Crippen molar-refractivity contribution in [3.63, 3.8) is 0 Å². The van der Waals surface area contributed by atoms with Crippen LogP contribution in [0, 0.1) is 0 Å². The van der Waals surface area contributed by atoms with Crippen molar-refractivity contribution in [2.45, 2.75) is 25.7 Å². The summed E-state index contributed by atoms with van der Waals surface area (Å²) in [5.41, 5.74) is 3.15. The highest BCUT2D eigenvalue weighted by atomic mass is 14.2. The van der Waals surface area contributed by atoms with Crippen LogP contribution in [0.25, 0.3) is 43.1 Å². The van der Waals surface area contributed by atoms with E-state index in [-0.39, 0.29) is 0 Å². The standard InChI is InChI=1S/C24H18/c1-2-6-18-14-22-20-10-4-8-16-12-11-15-7-3-9-19(23(15)24(16)20)21(22)13-17(18)5-1/h3-4,7-14H,1-2,5-6H2. The third kappa shape index (κ3) is 1.54. The van der Waals surface area contributed by atoms with E-state index in [1.54, 1.807) is 11.1 Å². The lowest BCUT2D eigenvalue weighted by Gasteiger charge is -2.20. The number of rotatable bonds is 0. The van der Waals surface area contributed by atoms with Crippen LogP contribution in [0.3, 0.4) is 0 Å². The molecule has 114 valence electrons. The number of hydrogen-bond acceptors (Lipinski definition) is 0. The first kappa shape index (κ1) is 12.8. The molecule has 0 aliphatic heterocycles. The van der Waals surface area contributed by atoms with Crippen LogP contribution in [-0.2, 0) is 12.8 Å². The molecule has 0 heterocycles. The fourth-order valence-corrected chi connectivity index (χ4v) is 4.84. The van der Waals surface area contributed by atoms with Crippen LogP contribution in [0.2, 0.25) is 0 Å². The maximum Gasteiger partial charge on any atom is -0.00203 e. The summed E-state index contributed by atoms with van der Waals surface area (Å²) in [6.07, 6.45) is 5.15. The summed E-state index contributed by atoms with van der Waals surface area (Å²) in [5, 5.41) is 11.3. The van der Waals surface area contributed by atoms with Gasteiger partial charge in [-0.3, -0.25) is 0 Å². The fraction of sp³-hybridized carbons (Fsp3) is 0.167. The number of aryl methyl sites for hydroxylation is 2. The van der Waals surface area contributed by atoms with Crippen LogP contribution < -0.4 is 0 Å². The Kier molecular flexibility index (Phi) is 2.38. The normalized spacial score (nSPS) is 14.8. The Labute approximate surface area is 141 Å². The van der Waals surface area contributed by atoms with E-state index in [4.69, 9.17) is 0 Å². The zero-order valence-electron chi connectivity index (χ0n) is 13.6. The molecule has 1 aliphatic carbocycles. The highest BCUT2D eigenvalue weighted by Gasteiger charge is 2.16. The van der Waals surface area contributed by atoms with Gasteiger partial charge in [-0.25, -0.2) is 0 Å². The van der Waals surface area contributed by atoms with Gasteiger partial charge in [0.05, 0.1) is 0 Å². The van der Waals surface area contributed by atoms with E-state index < -0.39 is 0 Å². The highest BCUT2D eigenvalue weighted by Crippen LogP contribution is 2.41. The molecule has 0 spiro atoms. The smallest absolute Gasteiger partial charge is 0.00203 e. The second kappa shape index (κ2) is 4.48. The molecule has 24 heavy (non-hydrogen) atoms. The van der Waals surface area contributed by atoms with Gasteiger partial charge in [-0.05, 0) is 79.9 Å². The summed E-state index contributed by atoms with van der Waals surface area (Å²) in [6.45, 7) is 0. The molecule has 0 saturated heterocycles. The van der Waals surface area contributed by atoms with E-state index in [1.165, 1.54) is 68.8 Å². The van der Waals surface area contributed by atoms with Gasteiger partial charge in [-0.2, -0.15) is 0 Å². The van der Waals surface area contributed by atoms with Crippen LogP contribution in [0.1, 0.15) is 24.0 Å². The molecule has 1 aliphatic rings. The van der Waals surface area contributed by atoms with Gasteiger partial charge < -0.3 is 0 Å². The third-order valence-corrected chi connectivity index (χ3v) is 5.95. The molecule has 0 unspecified atom stereocenters. The molecule has 5 aromatic rings. The fourth-order valence-electron chi connectivity index (χ4n) is 4.84. The average molecular weight is 306 g/mol. The van der Waals surface area contributed by atoms with Crippen molar-refractivity contribution in [2.24, 2.45) is 0 Å². The SMILES string of the molecule is c1cc2ccc3cccc4c5cc6c(cc5c(c1)c2c34)CCCC6. The predicted octanol–water partition coefficient (Wildman–Crippen LogP) is 6.62. The van der Waals surface area contributed by atoms with Crippen molar-refractivity contribution in [2.75, 3.05) is 0 Å². The number of hydrogen-bond donors (Lipinski definition) is 0. The molecule has 5 aromatic carbocycles. The molecular formula is C24H18. The Morgan fingerprint density at radius 3 is 1.50 bits per heavy atom. The van der Waals surface area contributed by atoms with Gasteiger partial charge in [0.1, 0.15) is 0 Å². The van der Waals surface area contributed by atoms with E-state index in [2.05, 4.69) is 60.7 Å². The average Bonchev–Trinajstić information content (AvgIpc) is 2.65. The van der Waals surface area contributed by atoms with E-state index in [9.17, 15) is 0 Å². The first-order valence-corrected chi connectivity index (χ1v) is 9.01. The Balaban J connectivity index is 1.97. The lowest BCUT2D eigenvalue weighted by atomic mass is 9.84. The Bertz CT molecular complexity index is 1140. The Hall–Kier alpha value is -2.60. The first-order valence-electron chi connectivity index (χ1n) is 9.01. The summed E-state index contributed by atoms with van der Waals surface area (Å²) in [7, 11) is 0. The zero-order valence-corrected chi connectivity index (χ0v) is 13.6. The molecule has 6 rings (SSSR count). The molecule has 0 heteroatoms. The van der Waals surface area contributed by atoms with Gasteiger partial charge in [0.25, 0.3) is 0 Å².